The number of hydrogen-bond acceptors (Lipinski definition) is 5. The minimum absolute atomic E-state index is 0. The average molecular weight is 428 g/mol. The second kappa shape index (κ2) is 8.28. The topological polar surface area (TPSA) is 78.5 Å². The van der Waals surface area contributed by atoms with Crippen LogP contribution in [0.5, 0.6) is 0 Å². The molecule has 2 N–H and O–H groups in total. The van der Waals surface area contributed by atoms with Gasteiger partial charge in [0.1, 0.15) is 9.77 Å². The van der Waals surface area contributed by atoms with Gasteiger partial charge in [-0.25, -0.2) is 8.42 Å². The molecule has 1 amide bonds. The third-order valence-corrected chi connectivity index (χ3v) is 7.90. The second-order valence-electron chi connectivity index (χ2n) is 6.71. The van der Waals surface area contributed by atoms with E-state index in [2.05, 4.69) is 10.6 Å². The number of benzene rings is 1. The molecular weight excluding hydrogens is 406 g/mol. The Hall–Kier alpha value is -1.45. The minimum Gasteiger partial charge on any atom is -0.351 e. The molecule has 1 saturated heterocycles. The van der Waals surface area contributed by atoms with Crippen molar-refractivity contribution >= 4 is 39.7 Å². The van der Waals surface area contributed by atoms with E-state index < -0.39 is 10.0 Å². The number of nitrogens with zero attached hydrogens (tertiary/aromatic N) is 1. The van der Waals surface area contributed by atoms with Crippen LogP contribution in [-0.2, 0) is 23.0 Å². The number of thiophene rings is 1. The Morgan fingerprint density at radius 2 is 1.96 bits per heavy atom. The number of fused-ring (bicyclic) bond motifs is 1. The number of rotatable bonds is 5. The van der Waals surface area contributed by atoms with Crippen LogP contribution in [0.3, 0.4) is 0 Å². The van der Waals surface area contributed by atoms with Crippen LogP contribution >= 0.6 is 23.7 Å². The summed E-state index contributed by atoms with van der Waals surface area (Å²) in [5, 5.41) is 7.69. The van der Waals surface area contributed by atoms with Crippen LogP contribution in [0.15, 0.2) is 40.6 Å². The van der Waals surface area contributed by atoms with Gasteiger partial charge in [-0.3, -0.25) is 4.79 Å². The Labute approximate surface area is 169 Å². The van der Waals surface area contributed by atoms with Crippen molar-refractivity contribution in [2.24, 2.45) is 5.92 Å². The lowest BCUT2D eigenvalue weighted by atomic mass is 10.0. The van der Waals surface area contributed by atoms with Gasteiger partial charge in [0.15, 0.2) is 0 Å². The summed E-state index contributed by atoms with van der Waals surface area (Å²) in [4.78, 5) is 12.9. The maximum atomic E-state index is 13.1. The van der Waals surface area contributed by atoms with E-state index in [0.29, 0.717) is 32.0 Å². The summed E-state index contributed by atoms with van der Waals surface area (Å²) < 4.78 is 27.7. The van der Waals surface area contributed by atoms with Gasteiger partial charge >= 0.3 is 0 Å². The lowest BCUT2D eigenvalue weighted by Gasteiger charge is -2.28. The number of amides is 1. The van der Waals surface area contributed by atoms with Gasteiger partial charge in [-0.1, -0.05) is 24.3 Å². The second-order valence-corrected chi connectivity index (χ2v) is 9.53. The van der Waals surface area contributed by atoms with E-state index in [0.717, 1.165) is 18.7 Å². The van der Waals surface area contributed by atoms with Crippen molar-refractivity contribution in [3.8, 4) is 0 Å². The van der Waals surface area contributed by atoms with E-state index in [1.54, 1.807) is 11.4 Å². The molecule has 0 bridgehead atoms. The van der Waals surface area contributed by atoms with Crippen LogP contribution in [0, 0.1) is 5.92 Å². The summed E-state index contributed by atoms with van der Waals surface area (Å²) in [5.74, 6) is 0.125. The first-order valence-corrected chi connectivity index (χ1v) is 11.0. The summed E-state index contributed by atoms with van der Waals surface area (Å²) in [6, 6.07) is 9.44. The maximum Gasteiger partial charge on any atom is 0.262 e. The monoisotopic (exact) mass is 427 g/mol. The lowest BCUT2D eigenvalue weighted by Crippen LogP contribution is -2.48. The van der Waals surface area contributed by atoms with Crippen molar-refractivity contribution in [2.75, 3.05) is 26.2 Å². The fourth-order valence-electron chi connectivity index (χ4n) is 3.29. The number of halogens is 1. The largest absolute Gasteiger partial charge is 0.351 e. The van der Waals surface area contributed by atoms with Crippen LogP contribution in [0.1, 0.15) is 20.8 Å². The zero-order valence-corrected chi connectivity index (χ0v) is 17.1. The van der Waals surface area contributed by atoms with Crippen molar-refractivity contribution in [2.45, 2.75) is 17.9 Å². The molecule has 2 aliphatic heterocycles. The van der Waals surface area contributed by atoms with Gasteiger partial charge in [-0.15, -0.1) is 23.7 Å². The van der Waals surface area contributed by atoms with Gasteiger partial charge in [0.25, 0.3) is 5.91 Å². The molecule has 1 fully saturated rings. The standard InChI is InChI=1S/C18H21N3O3S2.ClH/c22-18(20-11-13-9-19-10-13)17-16(6-8-25-17)26(23,24)21-7-5-14-3-1-2-4-15(14)12-21;/h1-4,6,8,13,19H,5,7,9-12H2,(H,20,22);1H. The smallest absolute Gasteiger partial charge is 0.262 e. The van der Waals surface area contributed by atoms with Gasteiger partial charge in [0, 0.05) is 38.6 Å². The van der Waals surface area contributed by atoms with Crippen LogP contribution in [0.4, 0.5) is 0 Å². The summed E-state index contributed by atoms with van der Waals surface area (Å²) >= 11 is 1.18. The number of carbonyl (C=O) groups excluding carboxylic acids is 1. The minimum atomic E-state index is -3.70. The fraction of sp³-hybridized carbons (Fsp3) is 0.389. The van der Waals surface area contributed by atoms with Gasteiger partial charge in [-0.2, -0.15) is 4.31 Å². The molecule has 0 spiro atoms. The molecule has 3 heterocycles. The van der Waals surface area contributed by atoms with Crippen LogP contribution in [0.2, 0.25) is 0 Å². The van der Waals surface area contributed by atoms with E-state index in [4.69, 9.17) is 0 Å². The molecule has 4 rings (SSSR count). The van der Waals surface area contributed by atoms with Crippen molar-refractivity contribution in [3.63, 3.8) is 0 Å². The zero-order valence-electron chi connectivity index (χ0n) is 14.7. The van der Waals surface area contributed by atoms with E-state index in [-0.39, 0.29) is 28.1 Å². The average Bonchev–Trinajstić information content (AvgIpc) is 3.10. The molecule has 0 atom stereocenters. The van der Waals surface area contributed by atoms with Crippen LogP contribution in [-0.4, -0.2) is 44.8 Å². The van der Waals surface area contributed by atoms with Crippen molar-refractivity contribution < 1.29 is 13.2 Å². The molecule has 0 unspecified atom stereocenters. The highest BCUT2D eigenvalue weighted by molar-refractivity contribution is 7.89. The van der Waals surface area contributed by atoms with Gasteiger partial charge in [0.2, 0.25) is 10.0 Å². The first-order valence-electron chi connectivity index (χ1n) is 8.69. The van der Waals surface area contributed by atoms with E-state index in [1.807, 2.05) is 24.3 Å². The molecule has 9 heteroatoms. The SMILES string of the molecule is Cl.O=C(NCC1CNC1)c1sccc1S(=O)(=O)N1CCc2ccccc2C1. The fourth-order valence-corrected chi connectivity index (χ4v) is 6.03. The molecule has 1 aromatic carbocycles. The van der Waals surface area contributed by atoms with Crippen LogP contribution in [0.25, 0.3) is 0 Å². The molecular formula is C18H22ClN3O3S2. The Bertz CT molecular complexity index is 925. The predicted octanol–water partition coefficient (Wildman–Crippen LogP) is 1.87. The quantitative estimate of drug-likeness (QED) is 0.763. The lowest BCUT2D eigenvalue weighted by molar-refractivity contribution is 0.0943. The summed E-state index contributed by atoms with van der Waals surface area (Å²) in [6.45, 7) is 3.14. The molecule has 2 aliphatic rings. The Kier molecular flexibility index (Phi) is 6.22. The molecule has 0 aliphatic carbocycles. The number of carbonyl (C=O) groups is 1. The van der Waals surface area contributed by atoms with E-state index in [9.17, 15) is 13.2 Å². The first-order chi connectivity index (χ1) is 12.6. The molecule has 0 saturated carbocycles. The van der Waals surface area contributed by atoms with E-state index >= 15 is 0 Å². The molecule has 6 nitrogen and oxygen atoms in total. The Balaban J connectivity index is 0.00000210. The van der Waals surface area contributed by atoms with Crippen molar-refractivity contribution in [1.29, 1.82) is 0 Å². The van der Waals surface area contributed by atoms with Gasteiger partial charge in [-0.05, 0) is 29.0 Å². The normalized spacial score (nSPS) is 17.5. The molecule has 2 aromatic rings. The number of hydrogen-bond donors (Lipinski definition) is 2. The van der Waals surface area contributed by atoms with Gasteiger partial charge < -0.3 is 10.6 Å². The maximum absolute atomic E-state index is 13.1. The summed E-state index contributed by atoms with van der Waals surface area (Å²) in [7, 11) is -3.70. The first kappa shape index (κ1) is 20.3. The summed E-state index contributed by atoms with van der Waals surface area (Å²) in [5.41, 5.74) is 2.22. The number of sulfonamides is 1. The van der Waals surface area contributed by atoms with Gasteiger partial charge in [0.05, 0.1) is 0 Å². The Morgan fingerprint density at radius 1 is 1.22 bits per heavy atom. The third kappa shape index (κ3) is 4.05. The number of nitrogens with one attached hydrogen (secondary N) is 2. The van der Waals surface area contributed by atoms with E-state index in [1.165, 1.54) is 21.2 Å². The third-order valence-electron chi connectivity index (χ3n) is 4.97. The highest BCUT2D eigenvalue weighted by atomic mass is 35.5. The van der Waals surface area contributed by atoms with Crippen LogP contribution < -0.4 is 10.6 Å². The van der Waals surface area contributed by atoms with Crippen molar-refractivity contribution in [3.05, 3.63) is 51.7 Å². The Morgan fingerprint density at radius 3 is 2.67 bits per heavy atom. The summed E-state index contributed by atoms with van der Waals surface area (Å²) in [6.07, 6.45) is 0.690. The molecule has 27 heavy (non-hydrogen) atoms. The zero-order chi connectivity index (χ0) is 18.1. The molecule has 1 aromatic heterocycles. The molecule has 0 radical (unpaired) electrons. The predicted molar refractivity (Wildman–Crippen MR) is 108 cm³/mol. The van der Waals surface area contributed by atoms with Crippen molar-refractivity contribution in [1.82, 2.24) is 14.9 Å². The highest BCUT2D eigenvalue weighted by Crippen LogP contribution is 2.29. The molecule has 146 valence electrons. The highest BCUT2D eigenvalue weighted by Gasteiger charge is 2.32.